The monoisotopic (exact) mass is 315 g/mol. The molecule has 0 spiro atoms. The van der Waals surface area contributed by atoms with Crippen LogP contribution in [0.15, 0.2) is 60.7 Å². The van der Waals surface area contributed by atoms with Crippen LogP contribution in [0.25, 0.3) is 27.5 Å². The van der Waals surface area contributed by atoms with Crippen LogP contribution in [-0.2, 0) is 0 Å². The summed E-state index contributed by atoms with van der Waals surface area (Å²) < 4.78 is 2.18. The van der Waals surface area contributed by atoms with Gasteiger partial charge in [-0.05, 0) is 55.7 Å². The number of hydrogen-bond acceptors (Lipinski definition) is 2. The highest BCUT2D eigenvalue weighted by Gasteiger charge is 2.15. The second-order valence-electron chi connectivity index (χ2n) is 6.35. The zero-order valence-electron chi connectivity index (χ0n) is 13.7. The molecule has 2 N–H and O–H groups in total. The smallest absolute Gasteiger partial charge is 0.423 e. The van der Waals surface area contributed by atoms with E-state index in [1.54, 1.807) is 6.07 Å². The van der Waals surface area contributed by atoms with Crippen molar-refractivity contribution in [2.75, 3.05) is 0 Å². The molecule has 3 nitrogen and oxygen atoms in total. The lowest BCUT2D eigenvalue weighted by Crippen LogP contribution is -2.29. The van der Waals surface area contributed by atoms with E-state index >= 15 is 0 Å². The SMILES string of the molecule is Cc1ccc2c(c1)c1cc(C)ccc1n2-c1cccc(B(O)O)c1. The molecule has 0 saturated heterocycles. The van der Waals surface area contributed by atoms with Gasteiger partial charge in [0.15, 0.2) is 0 Å². The summed E-state index contributed by atoms with van der Waals surface area (Å²) >= 11 is 0. The van der Waals surface area contributed by atoms with Crippen molar-refractivity contribution in [3.05, 3.63) is 71.8 Å². The number of hydrogen-bond donors (Lipinski definition) is 2. The minimum atomic E-state index is -1.47. The molecule has 0 fully saturated rings. The molecule has 1 heterocycles. The van der Waals surface area contributed by atoms with E-state index in [1.807, 2.05) is 18.2 Å². The molecular formula is C20H18BNO2. The molecular weight excluding hydrogens is 297 g/mol. The summed E-state index contributed by atoms with van der Waals surface area (Å²) in [5.41, 5.74) is 6.09. The predicted octanol–water partition coefficient (Wildman–Crippen LogP) is 3.08. The summed E-state index contributed by atoms with van der Waals surface area (Å²) in [6.07, 6.45) is 0. The van der Waals surface area contributed by atoms with Crippen LogP contribution in [-0.4, -0.2) is 21.7 Å². The third kappa shape index (κ3) is 2.32. The Hall–Kier alpha value is -2.56. The van der Waals surface area contributed by atoms with Crippen molar-refractivity contribution in [2.24, 2.45) is 0 Å². The second-order valence-corrected chi connectivity index (χ2v) is 6.35. The van der Waals surface area contributed by atoms with Crippen molar-refractivity contribution >= 4 is 34.4 Å². The van der Waals surface area contributed by atoms with Gasteiger partial charge in [0.1, 0.15) is 0 Å². The van der Waals surface area contributed by atoms with Gasteiger partial charge in [-0.1, -0.05) is 35.4 Å². The number of benzene rings is 3. The average Bonchev–Trinajstić information content (AvgIpc) is 2.88. The average molecular weight is 315 g/mol. The van der Waals surface area contributed by atoms with E-state index in [2.05, 4.69) is 54.8 Å². The van der Waals surface area contributed by atoms with E-state index in [0.29, 0.717) is 5.46 Å². The van der Waals surface area contributed by atoms with Gasteiger partial charge in [0, 0.05) is 16.5 Å². The van der Waals surface area contributed by atoms with Gasteiger partial charge in [-0.15, -0.1) is 0 Å². The maximum Gasteiger partial charge on any atom is 0.488 e. The van der Waals surface area contributed by atoms with Crippen LogP contribution in [0.3, 0.4) is 0 Å². The van der Waals surface area contributed by atoms with Crippen molar-refractivity contribution in [1.29, 1.82) is 0 Å². The van der Waals surface area contributed by atoms with Crippen LogP contribution in [0.5, 0.6) is 0 Å². The topological polar surface area (TPSA) is 45.4 Å². The largest absolute Gasteiger partial charge is 0.488 e. The maximum absolute atomic E-state index is 9.49. The minimum Gasteiger partial charge on any atom is -0.423 e. The Kier molecular flexibility index (Phi) is 3.45. The van der Waals surface area contributed by atoms with E-state index in [-0.39, 0.29) is 0 Å². The lowest BCUT2D eigenvalue weighted by atomic mass is 9.80. The lowest BCUT2D eigenvalue weighted by molar-refractivity contribution is 0.426. The van der Waals surface area contributed by atoms with Gasteiger partial charge in [0.2, 0.25) is 0 Å². The summed E-state index contributed by atoms with van der Waals surface area (Å²) in [6, 6.07) is 20.3. The molecule has 4 rings (SSSR count). The maximum atomic E-state index is 9.49. The second kappa shape index (κ2) is 5.51. The number of fused-ring (bicyclic) bond motifs is 3. The minimum absolute atomic E-state index is 0.488. The molecule has 4 heteroatoms. The van der Waals surface area contributed by atoms with Crippen molar-refractivity contribution in [3.63, 3.8) is 0 Å². The molecule has 24 heavy (non-hydrogen) atoms. The number of rotatable bonds is 2. The molecule has 0 bridgehead atoms. The Bertz CT molecular complexity index is 1010. The summed E-state index contributed by atoms with van der Waals surface area (Å²) in [5.74, 6) is 0. The molecule has 0 unspecified atom stereocenters. The number of nitrogens with zero attached hydrogens (tertiary/aromatic N) is 1. The van der Waals surface area contributed by atoms with E-state index in [0.717, 1.165) is 16.7 Å². The van der Waals surface area contributed by atoms with Crippen molar-refractivity contribution < 1.29 is 10.0 Å². The Morgan fingerprint density at radius 1 is 0.750 bits per heavy atom. The fourth-order valence-electron chi connectivity index (χ4n) is 3.35. The van der Waals surface area contributed by atoms with E-state index in [4.69, 9.17) is 0 Å². The molecule has 0 aliphatic carbocycles. The highest BCUT2D eigenvalue weighted by atomic mass is 16.4. The van der Waals surface area contributed by atoms with Crippen LogP contribution < -0.4 is 5.46 Å². The summed E-state index contributed by atoms with van der Waals surface area (Å²) in [5, 5.41) is 21.4. The van der Waals surface area contributed by atoms with E-state index in [9.17, 15) is 10.0 Å². The first-order valence-corrected chi connectivity index (χ1v) is 8.02. The van der Waals surface area contributed by atoms with Crippen molar-refractivity contribution in [3.8, 4) is 5.69 Å². The normalized spacial score (nSPS) is 11.3. The molecule has 118 valence electrons. The van der Waals surface area contributed by atoms with Gasteiger partial charge in [0.25, 0.3) is 0 Å². The molecule has 0 amide bonds. The first-order chi connectivity index (χ1) is 11.5. The summed E-state index contributed by atoms with van der Waals surface area (Å²) in [7, 11) is -1.47. The van der Waals surface area contributed by atoms with Gasteiger partial charge in [-0.3, -0.25) is 0 Å². The molecule has 0 aliphatic heterocycles. The molecule has 3 aromatic carbocycles. The quantitative estimate of drug-likeness (QED) is 0.558. The van der Waals surface area contributed by atoms with E-state index < -0.39 is 7.12 Å². The molecule has 0 aliphatic rings. The standard InChI is InChI=1S/C20H18BNO2/c1-13-6-8-19-17(10-13)18-11-14(2)7-9-20(18)22(19)16-5-3-4-15(12-16)21(23)24/h3-12,23-24H,1-2H3. The molecule has 0 radical (unpaired) electrons. The molecule has 4 aromatic rings. The first-order valence-electron chi connectivity index (χ1n) is 8.02. The van der Waals surface area contributed by atoms with Crippen LogP contribution in [0.1, 0.15) is 11.1 Å². The van der Waals surface area contributed by atoms with Crippen LogP contribution in [0, 0.1) is 13.8 Å². The van der Waals surface area contributed by atoms with Crippen molar-refractivity contribution in [2.45, 2.75) is 13.8 Å². The number of aromatic nitrogens is 1. The first kappa shape index (κ1) is 15.0. The van der Waals surface area contributed by atoms with Crippen LogP contribution in [0.4, 0.5) is 0 Å². The fraction of sp³-hybridized carbons (Fsp3) is 0.100. The van der Waals surface area contributed by atoms with Gasteiger partial charge >= 0.3 is 7.12 Å². The Morgan fingerprint density at radius 2 is 1.33 bits per heavy atom. The zero-order chi connectivity index (χ0) is 16.8. The van der Waals surface area contributed by atoms with Crippen LogP contribution >= 0.6 is 0 Å². The Morgan fingerprint density at radius 3 is 1.88 bits per heavy atom. The summed E-state index contributed by atoms with van der Waals surface area (Å²) in [6.45, 7) is 4.20. The zero-order valence-corrected chi connectivity index (χ0v) is 13.7. The van der Waals surface area contributed by atoms with E-state index in [1.165, 1.54) is 21.9 Å². The fourth-order valence-corrected chi connectivity index (χ4v) is 3.35. The van der Waals surface area contributed by atoms with Crippen LogP contribution in [0.2, 0.25) is 0 Å². The predicted molar refractivity (Wildman–Crippen MR) is 100 cm³/mol. The Balaban J connectivity index is 2.12. The summed E-state index contributed by atoms with van der Waals surface area (Å²) in [4.78, 5) is 0. The molecule has 1 aromatic heterocycles. The van der Waals surface area contributed by atoms with Gasteiger partial charge in [-0.25, -0.2) is 0 Å². The number of aryl methyl sites for hydroxylation is 2. The third-order valence-corrected chi connectivity index (χ3v) is 4.50. The van der Waals surface area contributed by atoms with Crippen molar-refractivity contribution in [1.82, 2.24) is 4.57 Å². The van der Waals surface area contributed by atoms with Gasteiger partial charge < -0.3 is 14.6 Å². The van der Waals surface area contributed by atoms with Gasteiger partial charge in [0.05, 0.1) is 11.0 Å². The van der Waals surface area contributed by atoms with Gasteiger partial charge in [-0.2, -0.15) is 0 Å². The third-order valence-electron chi connectivity index (χ3n) is 4.50. The molecule has 0 atom stereocenters. The highest BCUT2D eigenvalue weighted by molar-refractivity contribution is 6.58. The highest BCUT2D eigenvalue weighted by Crippen LogP contribution is 2.32. The Labute approximate surface area is 140 Å². The lowest BCUT2D eigenvalue weighted by Gasteiger charge is -2.10. The molecule has 0 saturated carbocycles.